The van der Waals surface area contributed by atoms with Crippen molar-refractivity contribution in [1.82, 2.24) is 4.90 Å². The van der Waals surface area contributed by atoms with Crippen LogP contribution < -0.4 is 0 Å². The average Bonchev–Trinajstić information content (AvgIpc) is 2.46. The van der Waals surface area contributed by atoms with E-state index < -0.39 is 16.8 Å². The van der Waals surface area contributed by atoms with Crippen LogP contribution in [0.5, 0.6) is 0 Å². The van der Waals surface area contributed by atoms with Gasteiger partial charge < -0.3 is 10.0 Å². The zero-order valence-electron chi connectivity index (χ0n) is 13.2. The number of benzene rings is 1. The maximum Gasteiger partial charge on any atom is 0.311 e. The SMILES string of the molecule is CC1(C(=O)O)CCCN(C(=O)C(C)(C)c2ccccc2Cl)C1. The van der Waals surface area contributed by atoms with Crippen molar-refractivity contribution < 1.29 is 14.7 Å². The summed E-state index contributed by atoms with van der Waals surface area (Å²) in [5.74, 6) is -0.923. The zero-order chi connectivity index (χ0) is 16.5. The van der Waals surface area contributed by atoms with Crippen LogP contribution in [-0.4, -0.2) is 35.0 Å². The van der Waals surface area contributed by atoms with Crippen LogP contribution in [0.1, 0.15) is 39.2 Å². The van der Waals surface area contributed by atoms with Gasteiger partial charge in [0, 0.05) is 18.1 Å². The molecule has 0 saturated carbocycles. The molecule has 1 N–H and O–H groups in total. The van der Waals surface area contributed by atoms with Gasteiger partial charge in [0.2, 0.25) is 5.91 Å². The predicted molar refractivity (Wildman–Crippen MR) is 86.0 cm³/mol. The summed E-state index contributed by atoms with van der Waals surface area (Å²) < 4.78 is 0. The minimum Gasteiger partial charge on any atom is -0.481 e. The minimum absolute atomic E-state index is 0.0761. The van der Waals surface area contributed by atoms with E-state index in [-0.39, 0.29) is 12.5 Å². The van der Waals surface area contributed by atoms with E-state index in [0.29, 0.717) is 24.4 Å². The van der Waals surface area contributed by atoms with Crippen molar-refractivity contribution in [3.05, 3.63) is 34.9 Å². The van der Waals surface area contributed by atoms with E-state index in [4.69, 9.17) is 11.6 Å². The molecule has 0 spiro atoms. The van der Waals surface area contributed by atoms with Crippen molar-refractivity contribution in [2.45, 2.75) is 39.0 Å². The van der Waals surface area contributed by atoms with Crippen LogP contribution in [0.4, 0.5) is 0 Å². The summed E-state index contributed by atoms with van der Waals surface area (Å²) in [7, 11) is 0. The molecule has 1 aliphatic heterocycles. The van der Waals surface area contributed by atoms with E-state index in [1.807, 2.05) is 32.0 Å². The molecule has 22 heavy (non-hydrogen) atoms. The lowest BCUT2D eigenvalue weighted by atomic mass is 9.78. The van der Waals surface area contributed by atoms with E-state index in [2.05, 4.69) is 0 Å². The molecule has 1 aliphatic rings. The van der Waals surface area contributed by atoms with Gasteiger partial charge in [-0.15, -0.1) is 0 Å². The van der Waals surface area contributed by atoms with Crippen LogP contribution in [-0.2, 0) is 15.0 Å². The van der Waals surface area contributed by atoms with Crippen LogP contribution >= 0.6 is 11.6 Å². The number of carboxylic acid groups (broad SMARTS) is 1. The normalized spacial score (nSPS) is 22.5. The molecule has 5 heteroatoms. The van der Waals surface area contributed by atoms with Gasteiger partial charge >= 0.3 is 5.97 Å². The molecule has 1 aromatic carbocycles. The molecule has 0 aromatic heterocycles. The third-order valence-electron chi connectivity index (χ3n) is 4.58. The lowest BCUT2D eigenvalue weighted by Gasteiger charge is -2.41. The molecule has 2 rings (SSSR count). The summed E-state index contributed by atoms with van der Waals surface area (Å²) in [5.41, 5.74) is -0.885. The molecule has 1 fully saturated rings. The molecule has 0 bridgehead atoms. The number of carboxylic acids is 1. The minimum atomic E-state index is -0.871. The van der Waals surface area contributed by atoms with Gasteiger partial charge in [-0.25, -0.2) is 0 Å². The van der Waals surface area contributed by atoms with Crippen molar-refractivity contribution in [1.29, 1.82) is 0 Å². The number of carbonyl (C=O) groups excluding carboxylic acids is 1. The highest BCUT2D eigenvalue weighted by atomic mass is 35.5. The average molecular weight is 324 g/mol. The van der Waals surface area contributed by atoms with E-state index in [1.165, 1.54) is 0 Å². The first-order valence-corrected chi connectivity index (χ1v) is 7.84. The Bertz CT molecular complexity index is 599. The fraction of sp³-hybridized carbons (Fsp3) is 0.529. The number of halogens is 1. The molecule has 4 nitrogen and oxygen atoms in total. The number of aliphatic carboxylic acids is 1. The quantitative estimate of drug-likeness (QED) is 0.928. The van der Waals surface area contributed by atoms with Gasteiger partial charge in [0.1, 0.15) is 0 Å². The number of nitrogens with zero attached hydrogens (tertiary/aromatic N) is 1. The topological polar surface area (TPSA) is 57.6 Å². The summed E-state index contributed by atoms with van der Waals surface area (Å²) >= 11 is 6.23. The Morgan fingerprint density at radius 2 is 1.95 bits per heavy atom. The Morgan fingerprint density at radius 3 is 2.55 bits per heavy atom. The summed E-state index contributed by atoms with van der Waals surface area (Å²) in [6.07, 6.45) is 1.30. The van der Waals surface area contributed by atoms with Gasteiger partial charge in [0.15, 0.2) is 0 Å². The molecule has 1 aromatic rings. The number of piperidine rings is 1. The summed E-state index contributed by atoms with van der Waals surface area (Å²) in [6, 6.07) is 7.30. The molecule has 1 heterocycles. The Hall–Kier alpha value is -1.55. The number of hydrogen-bond acceptors (Lipinski definition) is 2. The smallest absolute Gasteiger partial charge is 0.311 e. The highest BCUT2D eigenvalue weighted by molar-refractivity contribution is 6.31. The van der Waals surface area contributed by atoms with Crippen molar-refractivity contribution >= 4 is 23.5 Å². The van der Waals surface area contributed by atoms with Gasteiger partial charge in [-0.05, 0) is 45.2 Å². The summed E-state index contributed by atoms with van der Waals surface area (Å²) in [4.78, 5) is 26.1. The Kier molecular flexibility index (Phi) is 4.52. The van der Waals surface area contributed by atoms with Crippen LogP contribution in [0.2, 0.25) is 5.02 Å². The van der Waals surface area contributed by atoms with Crippen molar-refractivity contribution in [3.8, 4) is 0 Å². The highest BCUT2D eigenvalue weighted by Crippen LogP contribution is 2.35. The van der Waals surface area contributed by atoms with Crippen molar-refractivity contribution in [2.24, 2.45) is 5.41 Å². The maximum atomic E-state index is 13.0. The predicted octanol–water partition coefficient (Wildman–Crippen LogP) is 3.33. The first-order valence-electron chi connectivity index (χ1n) is 7.46. The third kappa shape index (κ3) is 2.98. The van der Waals surface area contributed by atoms with Crippen molar-refractivity contribution in [3.63, 3.8) is 0 Å². The number of rotatable bonds is 3. The molecular formula is C17H22ClNO3. The number of hydrogen-bond donors (Lipinski definition) is 1. The molecule has 1 saturated heterocycles. The second-order valence-electron chi connectivity index (χ2n) is 6.80. The number of amides is 1. The number of likely N-dealkylation sites (tertiary alicyclic amines) is 1. The molecule has 120 valence electrons. The van der Waals surface area contributed by atoms with Crippen LogP contribution in [0, 0.1) is 5.41 Å². The third-order valence-corrected chi connectivity index (χ3v) is 4.91. The lowest BCUT2D eigenvalue weighted by Crippen LogP contribution is -2.52. The zero-order valence-corrected chi connectivity index (χ0v) is 14.0. The number of carbonyl (C=O) groups is 2. The van der Waals surface area contributed by atoms with Gasteiger partial charge in [-0.2, -0.15) is 0 Å². The van der Waals surface area contributed by atoms with Crippen LogP contribution in [0.25, 0.3) is 0 Å². The fourth-order valence-electron chi connectivity index (χ4n) is 3.07. The molecule has 0 aliphatic carbocycles. The fourth-order valence-corrected chi connectivity index (χ4v) is 3.44. The maximum absolute atomic E-state index is 13.0. The second-order valence-corrected chi connectivity index (χ2v) is 7.21. The van der Waals surface area contributed by atoms with Gasteiger partial charge in [0.25, 0.3) is 0 Å². The van der Waals surface area contributed by atoms with E-state index in [1.54, 1.807) is 17.9 Å². The Labute approximate surface area is 136 Å². The first kappa shape index (κ1) is 16.8. The van der Waals surface area contributed by atoms with Crippen LogP contribution in [0.15, 0.2) is 24.3 Å². The van der Waals surface area contributed by atoms with Crippen molar-refractivity contribution in [2.75, 3.05) is 13.1 Å². The first-order chi connectivity index (χ1) is 10.2. The highest BCUT2D eigenvalue weighted by Gasteiger charge is 2.43. The molecule has 1 unspecified atom stereocenters. The van der Waals surface area contributed by atoms with Crippen LogP contribution in [0.3, 0.4) is 0 Å². The van der Waals surface area contributed by atoms with Gasteiger partial charge in [-0.1, -0.05) is 29.8 Å². The molecular weight excluding hydrogens is 302 g/mol. The van der Waals surface area contributed by atoms with Gasteiger partial charge in [0.05, 0.1) is 10.8 Å². The molecule has 1 amide bonds. The van der Waals surface area contributed by atoms with Gasteiger partial charge in [-0.3, -0.25) is 9.59 Å². The summed E-state index contributed by atoms with van der Waals surface area (Å²) in [5, 5.41) is 9.96. The largest absolute Gasteiger partial charge is 0.481 e. The molecule has 1 atom stereocenters. The molecule has 0 radical (unpaired) electrons. The summed E-state index contributed by atoms with van der Waals surface area (Å²) in [6.45, 7) is 6.22. The lowest BCUT2D eigenvalue weighted by molar-refractivity contribution is -0.154. The monoisotopic (exact) mass is 323 g/mol. The standard InChI is InChI=1S/C17H22ClNO3/c1-16(2,12-7-4-5-8-13(12)18)14(20)19-10-6-9-17(3,11-19)15(21)22/h4-5,7-8H,6,9-11H2,1-3H3,(H,21,22). The second kappa shape index (κ2) is 5.92. The van der Waals surface area contributed by atoms with E-state index >= 15 is 0 Å². The van der Waals surface area contributed by atoms with E-state index in [0.717, 1.165) is 5.56 Å². The Morgan fingerprint density at radius 1 is 1.32 bits per heavy atom. The Balaban J connectivity index is 2.27. The van der Waals surface area contributed by atoms with E-state index in [9.17, 15) is 14.7 Å².